The van der Waals surface area contributed by atoms with Crippen LogP contribution in [0, 0.1) is 0 Å². The molecule has 0 amide bonds. The molecular weight excluding hydrogens is 228 g/mol. The van der Waals surface area contributed by atoms with Crippen molar-refractivity contribution in [2.24, 2.45) is 0 Å². The molecular formula is C14H18N2O2. The molecule has 2 rings (SSSR count). The van der Waals surface area contributed by atoms with Gasteiger partial charge in [0, 0.05) is 17.3 Å². The van der Waals surface area contributed by atoms with Crippen LogP contribution in [0.4, 0.5) is 0 Å². The monoisotopic (exact) mass is 246 g/mol. The van der Waals surface area contributed by atoms with Gasteiger partial charge in [-0.3, -0.25) is 0 Å². The summed E-state index contributed by atoms with van der Waals surface area (Å²) in [5.74, 6) is 0.646. The highest BCUT2D eigenvalue weighted by Crippen LogP contribution is 2.28. The summed E-state index contributed by atoms with van der Waals surface area (Å²) in [4.78, 5) is 4.24. The minimum Gasteiger partial charge on any atom is -0.481 e. The molecule has 0 fully saturated rings. The van der Waals surface area contributed by atoms with E-state index in [1.165, 1.54) is 0 Å². The van der Waals surface area contributed by atoms with Crippen molar-refractivity contribution in [1.82, 2.24) is 10.3 Å². The van der Waals surface area contributed by atoms with E-state index in [9.17, 15) is 0 Å². The molecule has 4 nitrogen and oxygen atoms in total. The number of rotatable bonds is 6. The lowest BCUT2D eigenvalue weighted by atomic mass is 10.0. The Morgan fingerprint density at radius 1 is 1.44 bits per heavy atom. The molecule has 0 aliphatic heterocycles. The quantitative estimate of drug-likeness (QED) is 0.851. The molecule has 2 heterocycles. The first-order chi connectivity index (χ1) is 8.86. The van der Waals surface area contributed by atoms with E-state index in [1.54, 1.807) is 25.8 Å². The Hall–Kier alpha value is -1.81. The van der Waals surface area contributed by atoms with Crippen molar-refractivity contribution in [1.29, 1.82) is 0 Å². The SMILES string of the molecule is CCCNC(c1ccoc1)c1cccnc1OC. The third kappa shape index (κ3) is 2.71. The molecule has 0 aliphatic rings. The lowest BCUT2D eigenvalue weighted by Crippen LogP contribution is -2.23. The fourth-order valence-electron chi connectivity index (χ4n) is 1.93. The van der Waals surface area contributed by atoms with Gasteiger partial charge in [0.2, 0.25) is 5.88 Å². The van der Waals surface area contributed by atoms with Gasteiger partial charge < -0.3 is 14.5 Å². The Balaban J connectivity index is 2.33. The van der Waals surface area contributed by atoms with E-state index in [4.69, 9.17) is 9.15 Å². The van der Waals surface area contributed by atoms with Gasteiger partial charge in [-0.05, 0) is 25.1 Å². The summed E-state index contributed by atoms with van der Waals surface area (Å²) in [5.41, 5.74) is 2.10. The van der Waals surface area contributed by atoms with E-state index in [2.05, 4.69) is 17.2 Å². The van der Waals surface area contributed by atoms with Gasteiger partial charge in [-0.1, -0.05) is 13.0 Å². The highest BCUT2D eigenvalue weighted by Gasteiger charge is 2.18. The minimum atomic E-state index is 0.0485. The average Bonchev–Trinajstić information content (AvgIpc) is 2.94. The lowest BCUT2D eigenvalue weighted by molar-refractivity contribution is 0.386. The number of furan rings is 1. The first-order valence-corrected chi connectivity index (χ1v) is 6.11. The van der Waals surface area contributed by atoms with E-state index in [-0.39, 0.29) is 6.04 Å². The number of methoxy groups -OCH3 is 1. The van der Waals surface area contributed by atoms with Gasteiger partial charge in [-0.15, -0.1) is 0 Å². The predicted molar refractivity (Wildman–Crippen MR) is 69.6 cm³/mol. The molecule has 18 heavy (non-hydrogen) atoms. The number of nitrogens with one attached hydrogen (secondary N) is 1. The van der Waals surface area contributed by atoms with Crippen LogP contribution >= 0.6 is 0 Å². The second-order valence-corrected chi connectivity index (χ2v) is 4.05. The molecule has 0 bridgehead atoms. The number of pyridine rings is 1. The Morgan fingerprint density at radius 2 is 2.33 bits per heavy atom. The number of hydrogen-bond donors (Lipinski definition) is 1. The van der Waals surface area contributed by atoms with Gasteiger partial charge >= 0.3 is 0 Å². The first kappa shape index (κ1) is 12.6. The van der Waals surface area contributed by atoms with Crippen LogP contribution in [0.25, 0.3) is 0 Å². The third-order valence-electron chi connectivity index (χ3n) is 2.78. The van der Waals surface area contributed by atoms with Crippen LogP contribution in [-0.2, 0) is 0 Å². The summed E-state index contributed by atoms with van der Waals surface area (Å²) >= 11 is 0. The summed E-state index contributed by atoms with van der Waals surface area (Å²) in [6.07, 6.45) is 6.23. The smallest absolute Gasteiger partial charge is 0.218 e. The second-order valence-electron chi connectivity index (χ2n) is 4.05. The van der Waals surface area contributed by atoms with Gasteiger partial charge in [0.15, 0.2) is 0 Å². The summed E-state index contributed by atoms with van der Waals surface area (Å²) in [6.45, 7) is 3.06. The molecule has 96 valence electrons. The van der Waals surface area contributed by atoms with Gasteiger partial charge in [0.05, 0.1) is 25.7 Å². The molecule has 1 atom stereocenters. The van der Waals surface area contributed by atoms with Crippen LogP contribution in [0.2, 0.25) is 0 Å². The molecule has 2 aromatic rings. The lowest BCUT2D eigenvalue weighted by Gasteiger charge is -2.19. The minimum absolute atomic E-state index is 0.0485. The molecule has 4 heteroatoms. The summed E-state index contributed by atoms with van der Waals surface area (Å²) in [7, 11) is 1.64. The highest BCUT2D eigenvalue weighted by atomic mass is 16.5. The molecule has 0 saturated carbocycles. The van der Waals surface area contributed by atoms with Crippen molar-refractivity contribution in [3.8, 4) is 5.88 Å². The number of nitrogens with zero attached hydrogens (tertiary/aromatic N) is 1. The van der Waals surface area contributed by atoms with Crippen LogP contribution in [0.1, 0.15) is 30.5 Å². The van der Waals surface area contributed by atoms with Crippen molar-refractivity contribution in [3.05, 3.63) is 48.0 Å². The van der Waals surface area contributed by atoms with Crippen LogP contribution in [0.5, 0.6) is 5.88 Å². The zero-order valence-electron chi connectivity index (χ0n) is 10.7. The van der Waals surface area contributed by atoms with Gasteiger partial charge in [-0.2, -0.15) is 0 Å². The van der Waals surface area contributed by atoms with Crippen molar-refractivity contribution in [2.75, 3.05) is 13.7 Å². The molecule has 0 saturated heterocycles. The van der Waals surface area contributed by atoms with Crippen molar-refractivity contribution in [2.45, 2.75) is 19.4 Å². The fourth-order valence-corrected chi connectivity index (χ4v) is 1.93. The molecule has 1 N–H and O–H groups in total. The van der Waals surface area contributed by atoms with Crippen LogP contribution in [0.3, 0.4) is 0 Å². The Bertz CT molecular complexity index is 468. The maximum absolute atomic E-state index is 5.32. The molecule has 0 radical (unpaired) electrons. The van der Waals surface area contributed by atoms with E-state index in [1.807, 2.05) is 18.2 Å². The highest BCUT2D eigenvalue weighted by molar-refractivity contribution is 5.36. The Morgan fingerprint density at radius 3 is 3.00 bits per heavy atom. The predicted octanol–water partition coefficient (Wildman–Crippen LogP) is 2.77. The Labute approximate surface area is 107 Å². The van der Waals surface area contributed by atoms with Crippen molar-refractivity contribution in [3.63, 3.8) is 0 Å². The second kappa shape index (κ2) is 6.21. The first-order valence-electron chi connectivity index (χ1n) is 6.11. The van der Waals surface area contributed by atoms with Gasteiger partial charge in [0.25, 0.3) is 0 Å². The van der Waals surface area contributed by atoms with E-state index >= 15 is 0 Å². The normalized spacial score (nSPS) is 12.3. The fraction of sp³-hybridized carbons (Fsp3) is 0.357. The summed E-state index contributed by atoms with van der Waals surface area (Å²) in [5, 5.41) is 3.48. The van der Waals surface area contributed by atoms with E-state index < -0.39 is 0 Å². The van der Waals surface area contributed by atoms with Crippen LogP contribution < -0.4 is 10.1 Å². The zero-order chi connectivity index (χ0) is 12.8. The maximum atomic E-state index is 5.32. The molecule has 0 aliphatic carbocycles. The molecule has 1 unspecified atom stereocenters. The zero-order valence-corrected chi connectivity index (χ0v) is 10.7. The standard InChI is InChI=1S/C14H18N2O2/c1-3-7-15-13(11-6-9-18-10-11)12-5-4-8-16-14(12)17-2/h4-6,8-10,13,15H,3,7H2,1-2H3. The van der Waals surface area contributed by atoms with Gasteiger partial charge in [0.1, 0.15) is 0 Å². The van der Waals surface area contributed by atoms with Crippen LogP contribution in [0.15, 0.2) is 41.3 Å². The summed E-state index contributed by atoms with van der Waals surface area (Å²) < 4.78 is 10.5. The number of hydrogen-bond acceptors (Lipinski definition) is 4. The van der Waals surface area contributed by atoms with Gasteiger partial charge in [-0.25, -0.2) is 4.98 Å². The Kier molecular flexibility index (Phi) is 4.36. The molecule has 0 aromatic carbocycles. The molecule has 2 aromatic heterocycles. The van der Waals surface area contributed by atoms with Crippen LogP contribution in [-0.4, -0.2) is 18.6 Å². The third-order valence-corrected chi connectivity index (χ3v) is 2.78. The van der Waals surface area contributed by atoms with Crippen molar-refractivity contribution < 1.29 is 9.15 Å². The summed E-state index contributed by atoms with van der Waals surface area (Å²) in [6, 6.07) is 5.94. The average molecular weight is 246 g/mol. The van der Waals surface area contributed by atoms with E-state index in [0.29, 0.717) is 5.88 Å². The number of ether oxygens (including phenoxy) is 1. The number of aromatic nitrogens is 1. The van der Waals surface area contributed by atoms with E-state index in [0.717, 1.165) is 24.1 Å². The van der Waals surface area contributed by atoms with Crippen molar-refractivity contribution >= 4 is 0 Å². The maximum Gasteiger partial charge on any atom is 0.218 e. The topological polar surface area (TPSA) is 47.3 Å². The largest absolute Gasteiger partial charge is 0.481 e. The molecule has 0 spiro atoms.